The van der Waals surface area contributed by atoms with E-state index in [1.807, 2.05) is 36.1 Å². The minimum atomic E-state index is -0.0228. The molecule has 2 fully saturated rings. The van der Waals surface area contributed by atoms with Crippen molar-refractivity contribution in [3.8, 4) is 0 Å². The average Bonchev–Trinajstić information content (AvgIpc) is 3.35. The van der Waals surface area contributed by atoms with E-state index in [0.717, 1.165) is 55.4 Å². The Bertz CT molecular complexity index is 990. The van der Waals surface area contributed by atoms with Crippen LogP contribution in [0, 0.1) is 0 Å². The molecule has 8 nitrogen and oxygen atoms in total. The van der Waals surface area contributed by atoms with E-state index in [1.165, 1.54) is 0 Å². The molecule has 2 aliphatic rings. The number of para-hydroxylation sites is 2. The smallest absolute Gasteiger partial charge is 0.289 e. The molecule has 3 aromatic rings. The lowest BCUT2D eigenvalue weighted by Gasteiger charge is -2.37. The molecule has 0 radical (unpaired) electrons. The van der Waals surface area contributed by atoms with Crippen LogP contribution in [0.1, 0.15) is 73.8 Å². The lowest BCUT2D eigenvalue weighted by atomic mass is 9.89. The number of fused-ring (bicyclic) bond motifs is 1. The summed E-state index contributed by atoms with van der Waals surface area (Å²) in [6, 6.07) is 8.28. The molecule has 30 heavy (non-hydrogen) atoms. The largest absolute Gasteiger partial charge is 0.424 e. The molecule has 5 rings (SSSR count). The van der Waals surface area contributed by atoms with Crippen molar-refractivity contribution in [1.29, 1.82) is 0 Å². The van der Waals surface area contributed by atoms with Crippen LogP contribution in [0.3, 0.4) is 0 Å². The molecule has 0 spiro atoms. The molecule has 2 atom stereocenters. The van der Waals surface area contributed by atoms with Gasteiger partial charge in [0, 0.05) is 24.5 Å². The number of aromatic amines is 1. The summed E-state index contributed by atoms with van der Waals surface area (Å²) in [5.74, 6) is 2.32. The number of imidazole rings is 1. The lowest BCUT2D eigenvalue weighted by molar-refractivity contribution is 0.0616. The van der Waals surface area contributed by atoms with Gasteiger partial charge in [0.25, 0.3) is 5.91 Å². The summed E-state index contributed by atoms with van der Waals surface area (Å²) >= 11 is 0. The molecule has 2 aliphatic carbocycles. The molecule has 2 aromatic heterocycles. The van der Waals surface area contributed by atoms with Gasteiger partial charge >= 0.3 is 0 Å². The molecule has 158 valence electrons. The van der Waals surface area contributed by atoms with Gasteiger partial charge < -0.3 is 19.6 Å². The molecule has 0 bridgehead atoms. The van der Waals surface area contributed by atoms with E-state index in [1.54, 1.807) is 0 Å². The standard InChI is InChI=1S/C22H28N6O2/c1-2-28(22(29)20-24-17-8-3-4-9-18(17)25-20)16-7-5-6-15(12-16)23-13-19-26-27-21(30-19)14-10-11-14/h3-4,8-9,14-16,23H,2,5-7,10-13H2,1H3,(H,24,25)/t15-,16+/m1/s1. The quantitative estimate of drug-likeness (QED) is 0.622. The molecule has 1 aromatic carbocycles. The molecule has 0 saturated heterocycles. The summed E-state index contributed by atoms with van der Waals surface area (Å²) in [5, 5.41) is 11.9. The first kappa shape index (κ1) is 19.2. The highest BCUT2D eigenvalue weighted by molar-refractivity contribution is 5.94. The number of carbonyl (C=O) groups excluding carboxylic acids is 1. The maximum absolute atomic E-state index is 13.2. The van der Waals surface area contributed by atoms with E-state index in [0.29, 0.717) is 36.8 Å². The molecule has 0 unspecified atom stereocenters. The normalized spacial score (nSPS) is 21.8. The van der Waals surface area contributed by atoms with Gasteiger partial charge in [0.1, 0.15) is 0 Å². The van der Waals surface area contributed by atoms with Crippen LogP contribution in [0.4, 0.5) is 0 Å². The van der Waals surface area contributed by atoms with E-state index in [4.69, 9.17) is 4.42 Å². The Morgan fingerprint density at radius 3 is 2.90 bits per heavy atom. The Balaban J connectivity index is 1.22. The number of H-pyrrole nitrogens is 1. The zero-order chi connectivity index (χ0) is 20.5. The number of nitrogens with one attached hydrogen (secondary N) is 2. The number of hydrogen-bond donors (Lipinski definition) is 2. The van der Waals surface area contributed by atoms with Crippen molar-refractivity contribution in [3.05, 3.63) is 41.9 Å². The van der Waals surface area contributed by atoms with E-state index in [2.05, 4.69) is 25.5 Å². The fourth-order valence-corrected chi connectivity index (χ4v) is 4.46. The fraction of sp³-hybridized carbons (Fsp3) is 0.545. The van der Waals surface area contributed by atoms with E-state index in [9.17, 15) is 4.79 Å². The van der Waals surface area contributed by atoms with Crippen LogP contribution in [0.15, 0.2) is 28.7 Å². The van der Waals surface area contributed by atoms with Gasteiger partial charge in [-0.15, -0.1) is 10.2 Å². The van der Waals surface area contributed by atoms with Crippen molar-refractivity contribution in [2.45, 2.75) is 70.0 Å². The van der Waals surface area contributed by atoms with Gasteiger partial charge in [-0.3, -0.25) is 4.79 Å². The van der Waals surface area contributed by atoms with Gasteiger partial charge in [0.2, 0.25) is 11.8 Å². The Morgan fingerprint density at radius 1 is 1.23 bits per heavy atom. The van der Waals surface area contributed by atoms with Gasteiger partial charge in [0.15, 0.2) is 5.82 Å². The molecule has 8 heteroatoms. The molecular formula is C22H28N6O2. The summed E-state index contributed by atoms with van der Waals surface area (Å²) in [6.07, 6.45) is 6.44. The van der Waals surface area contributed by atoms with E-state index in [-0.39, 0.29) is 11.9 Å². The van der Waals surface area contributed by atoms with Crippen LogP contribution in [0.5, 0.6) is 0 Å². The summed E-state index contributed by atoms with van der Waals surface area (Å²) in [4.78, 5) is 22.8. The zero-order valence-electron chi connectivity index (χ0n) is 17.3. The van der Waals surface area contributed by atoms with Gasteiger partial charge in [-0.25, -0.2) is 4.98 Å². The second kappa shape index (κ2) is 8.18. The van der Waals surface area contributed by atoms with E-state index >= 15 is 0 Å². The van der Waals surface area contributed by atoms with Crippen molar-refractivity contribution in [2.24, 2.45) is 0 Å². The number of amides is 1. The summed E-state index contributed by atoms with van der Waals surface area (Å²) in [7, 11) is 0. The lowest BCUT2D eigenvalue weighted by Crippen LogP contribution is -2.47. The molecule has 2 N–H and O–H groups in total. The molecule has 0 aliphatic heterocycles. The zero-order valence-corrected chi connectivity index (χ0v) is 17.3. The van der Waals surface area contributed by atoms with Crippen molar-refractivity contribution < 1.29 is 9.21 Å². The monoisotopic (exact) mass is 408 g/mol. The van der Waals surface area contributed by atoms with E-state index < -0.39 is 0 Å². The Morgan fingerprint density at radius 2 is 2.10 bits per heavy atom. The van der Waals surface area contributed by atoms with Gasteiger partial charge in [-0.2, -0.15) is 0 Å². The number of benzene rings is 1. The van der Waals surface area contributed by atoms with Crippen LogP contribution in [-0.4, -0.2) is 49.6 Å². The summed E-state index contributed by atoms with van der Waals surface area (Å²) < 4.78 is 5.76. The molecule has 1 amide bonds. The van der Waals surface area contributed by atoms with Crippen LogP contribution in [0.2, 0.25) is 0 Å². The third-order valence-electron chi connectivity index (χ3n) is 6.23. The van der Waals surface area contributed by atoms with Crippen LogP contribution in [-0.2, 0) is 6.54 Å². The minimum Gasteiger partial charge on any atom is -0.424 e. The highest BCUT2D eigenvalue weighted by Crippen LogP contribution is 2.39. The van der Waals surface area contributed by atoms with Crippen molar-refractivity contribution in [3.63, 3.8) is 0 Å². The summed E-state index contributed by atoms with van der Waals surface area (Å²) in [5.41, 5.74) is 1.72. The summed E-state index contributed by atoms with van der Waals surface area (Å²) in [6.45, 7) is 3.29. The van der Waals surface area contributed by atoms with Crippen molar-refractivity contribution in [1.82, 2.24) is 30.4 Å². The van der Waals surface area contributed by atoms with Crippen LogP contribution < -0.4 is 5.32 Å². The average molecular weight is 409 g/mol. The Labute approximate surface area is 175 Å². The van der Waals surface area contributed by atoms with Crippen LogP contribution >= 0.6 is 0 Å². The topological polar surface area (TPSA) is 99.9 Å². The number of rotatable bonds is 7. The second-order valence-electron chi connectivity index (χ2n) is 8.40. The Hall–Kier alpha value is -2.74. The third kappa shape index (κ3) is 3.96. The van der Waals surface area contributed by atoms with Gasteiger partial charge in [0.05, 0.1) is 17.6 Å². The molecule has 2 saturated carbocycles. The predicted octanol–water partition coefficient (Wildman–Crippen LogP) is 3.39. The maximum atomic E-state index is 13.2. The molecular weight excluding hydrogens is 380 g/mol. The first-order valence-electron chi connectivity index (χ1n) is 11.0. The molecule has 2 heterocycles. The third-order valence-corrected chi connectivity index (χ3v) is 6.23. The maximum Gasteiger partial charge on any atom is 0.289 e. The number of carbonyl (C=O) groups is 1. The number of nitrogens with zero attached hydrogens (tertiary/aromatic N) is 4. The van der Waals surface area contributed by atoms with Crippen LogP contribution in [0.25, 0.3) is 11.0 Å². The SMILES string of the molecule is CCN(C(=O)c1nc2ccccc2[nH]1)[C@H]1CCC[C@@H](NCc2nnc(C3CC3)o2)C1. The number of hydrogen-bond acceptors (Lipinski definition) is 6. The predicted molar refractivity (Wildman–Crippen MR) is 112 cm³/mol. The Kier molecular flexibility index (Phi) is 5.25. The first-order chi connectivity index (χ1) is 14.7. The minimum absolute atomic E-state index is 0.0228. The van der Waals surface area contributed by atoms with Crippen molar-refractivity contribution >= 4 is 16.9 Å². The van der Waals surface area contributed by atoms with Gasteiger partial charge in [-0.05, 0) is 57.6 Å². The number of aromatic nitrogens is 4. The fourth-order valence-electron chi connectivity index (χ4n) is 4.46. The highest BCUT2D eigenvalue weighted by atomic mass is 16.4. The highest BCUT2D eigenvalue weighted by Gasteiger charge is 2.31. The first-order valence-corrected chi connectivity index (χ1v) is 11.0. The van der Waals surface area contributed by atoms with Crippen molar-refractivity contribution in [2.75, 3.05) is 6.54 Å². The van der Waals surface area contributed by atoms with Gasteiger partial charge in [-0.1, -0.05) is 12.1 Å². The second-order valence-corrected chi connectivity index (χ2v) is 8.40.